The van der Waals surface area contributed by atoms with E-state index in [1.54, 1.807) is 24.3 Å². The minimum absolute atomic E-state index is 0.0520. The average molecular weight is 525 g/mol. The van der Waals surface area contributed by atoms with Crippen molar-refractivity contribution in [2.45, 2.75) is 57.3 Å². The molecule has 198 valence electrons. The molecule has 0 bridgehead atoms. The summed E-state index contributed by atoms with van der Waals surface area (Å²) in [4.78, 5) is 13.6. The van der Waals surface area contributed by atoms with Gasteiger partial charge in [0.25, 0.3) is 10.1 Å². The number of benzene rings is 2. The second kappa shape index (κ2) is 14.3. The van der Waals surface area contributed by atoms with Crippen LogP contribution >= 0.6 is 0 Å². The number of nitrogens with one attached hydrogen (secondary N) is 3. The van der Waals surface area contributed by atoms with Crippen LogP contribution in [0.3, 0.4) is 0 Å². The first-order valence-corrected chi connectivity index (χ1v) is 14.0. The molecule has 9 nitrogen and oxygen atoms in total. The molecular weight excluding hydrogens is 488 g/mol. The van der Waals surface area contributed by atoms with Crippen LogP contribution < -0.4 is 16.0 Å². The summed E-state index contributed by atoms with van der Waals surface area (Å²) in [6.07, 6.45) is 10.6. The number of nitrogens with zero attached hydrogens (tertiary/aromatic N) is 3. The fourth-order valence-electron chi connectivity index (χ4n) is 3.69. The van der Waals surface area contributed by atoms with Crippen LogP contribution in [0, 0.1) is 0 Å². The molecule has 0 fully saturated rings. The predicted molar refractivity (Wildman–Crippen MR) is 150 cm³/mol. The Labute approximate surface area is 219 Å². The SMILES string of the molecule is CC=Cc1ccc(Nc2nc(NCCCCCCCC)nc(Nc3ccccc3)n2)cc1S(=O)(=O)OC. The third-order valence-corrected chi connectivity index (χ3v) is 6.91. The lowest BCUT2D eigenvalue weighted by molar-refractivity contribution is 0.397. The molecule has 10 heteroatoms. The number of anilines is 5. The largest absolute Gasteiger partial charge is 0.354 e. The summed E-state index contributed by atoms with van der Waals surface area (Å²) >= 11 is 0. The molecule has 1 heterocycles. The zero-order chi connectivity index (χ0) is 26.5. The van der Waals surface area contributed by atoms with E-state index < -0.39 is 10.1 Å². The first kappa shape index (κ1) is 28.1. The van der Waals surface area contributed by atoms with Crippen LogP contribution in [-0.4, -0.2) is 37.0 Å². The highest BCUT2D eigenvalue weighted by atomic mass is 32.2. The molecule has 3 N–H and O–H groups in total. The van der Waals surface area contributed by atoms with E-state index in [-0.39, 0.29) is 10.8 Å². The van der Waals surface area contributed by atoms with Crippen molar-refractivity contribution in [3.63, 3.8) is 0 Å². The summed E-state index contributed by atoms with van der Waals surface area (Å²) < 4.78 is 29.7. The smallest absolute Gasteiger partial charge is 0.297 e. The van der Waals surface area contributed by atoms with Crippen molar-refractivity contribution in [2.24, 2.45) is 0 Å². The van der Waals surface area contributed by atoms with Gasteiger partial charge in [0.1, 0.15) is 4.90 Å². The van der Waals surface area contributed by atoms with Crippen LogP contribution in [0.1, 0.15) is 57.9 Å². The second-order valence-corrected chi connectivity index (χ2v) is 10.2. The monoisotopic (exact) mass is 524 g/mol. The summed E-state index contributed by atoms with van der Waals surface area (Å²) in [7, 11) is -2.77. The molecule has 1 aromatic heterocycles. The third kappa shape index (κ3) is 8.83. The molecule has 0 aliphatic heterocycles. The maximum atomic E-state index is 12.5. The molecule has 0 atom stereocenters. The Kier molecular flexibility index (Phi) is 10.8. The van der Waals surface area contributed by atoms with Gasteiger partial charge in [0.2, 0.25) is 17.8 Å². The van der Waals surface area contributed by atoms with E-state index in [0.717, 1.165) is 32.2 Å². The van der Waals surface area contributed by atoms with Crippen molar-refractivity contribution in [1.82, 2.24) is 15.0 Å². The molecule has 3 rings (SSSR count). The van der Waals surface area contributed by atoms with Gasteiger partial charge >= 0.3 is 0 Å². The molecule has 0 spiro atoms. The molecule has 2 aromatic carbocycles. The molecule has 37 heavy (non-hydrogen) atoms. The van der Waals surface area contributed by atoms with Crippen molar-refractivity contribution < 1.29 is 12.6 Å². The van der Waals surface area contributed by atoms with Gasteiger partial charge in [-0.05, 0) is 43.2 Å². The molecule has 0 saturated carbocycles. The third-order valence-electron chi connectivity index (χ3n) is 5.58. The maximum absolute atomic E-state index is 12.5. The van der Waals surface area contributed by atoms with Gasteiger partial charge in [0.05, 0.1) is 7.11 Å². The number of allylic oxidation sites excluding steroid dienone is 1. The van der Waals surface area contributed by atoms with E-state index in [4.69, 9.17) is 4.18 Å². The van der Waals surface area contributed by atoms with Crippen LogP contribution in [0.2, 0.25) is 0 Å². The molecule has 0 amide bonds. The first-order valence-electron chi connectivity index (χ1n) is 12.6. The summed E-state index contributed by atoms with van der Waals surface area (Å²) in [6.45, 7) is 4.78. The number of aromatic nitrogens is 3. The van der Waals surface area contributed by atoms with Gasteiger partial charge in [-0.1, -0.05) is 75.4 Å². The molecule has 0 aliphatic carbocycles. The molecule has 0 radical (unpaired) electrons. The van der Waals surface area contributed by atoms with Crippen LogP contribution in [0.25, 0.3) is 6.08 Å². The zero-order valence-corrected chi connectivity index (χ0v) is 22.5. The summed E-state index contributed by atoms with van der Waals surface area (Å²) in [5.41, 5.74) is 1.87. The summed E-state index contributed by atoms with van der Waals surface area (Å²) in [5, 5.41) is 9.60. The Morgan fingerprint density at radius 3 is 2.16 bits per heavy atom. The van der Waals surface area contributed by atoms with E-state index in [9.17, 15) is 8.42 Å². The molecule has 3 aromatic rings. The zero-order valence-electron chi connectivity index (χ0n) is 21.7. The molecular formula is C27H36N6O3S. The van der Waals surface area contributed by atoms with Crippen molar-refractivity contribution in [3.05, 3.63) is 60.2 Å². The fourth-order valence-corrected chi connectivity index (χ4v) is 4.56. The summed E-state index contributed by atoms with van der Waals surface area (Å²) in [5.74, 6) is 1.07. The van der Waals surface area contributed by atoms with Crippen molar-refractivity contribution in [1.29, 1.82) is 0 Å². The van der Waals surface area contributed by atoms with Gasteiger partial charge in [-0.25, -0.2) is 0 Å². The lowest BCUT2D eigenvalue weighted by Crippen LogP contribution is -2.11. The van der Waals surface area contributed by atoms with E-state index in [1.807, 2.05) is 37.3 Å². The quantitative estimate of drug-likeness (QED) is 0.151. The maximum Gasteiger partial charge on any atom is 0.297 e. The minimum Gasteiger partial charge on any atom is -0.354 e. The lowest BCUT2D eigenvalue weighted by atomic mass is 10.1. The highest BCUT2D eigenvalue weighted by molar-refractivity contribution is 7.86. The predicted octanol–water partition coefficient (Wildman–Crippen LogP) is 6.50. The van der Waals surface area contributed by atoms with Crippen LogP contribution in [0.5, 0.6) is 0 Å². The minimum atomic E-state index is -3.92. The second-order valence-electron chi connectivity index (χ2n) is 8.49. The number of unbranched alkanes of at least 4 members (excludes halogenated alkanes) is 5. The van der Waals surface area contributed by atoms with Crippen molar-refractivity contribution >= 4 is 45.4 Å². The molecule has 0 unspecified atom stereocenters. The Bertz CT molecular complexity index is 1270. The van der Waals surface area contributed by atoms with Crippen molar-refractivity contribution in [2.75, 3.05) is 29.6 Å². The van der Waals surface area contributed by atoms with E-state index in [2.05, 4.69) is 37.8 Å². The molecule has 0 saturated heterocycles. The Morgan fingerprint density at radius 2 is 1.49 bits per heavy atom. The van der Waals surface area contributed by atoms with E-state index in [0.29, 0.717) is 23.1 Å². The van der Waals surface area contributed by atoms with Crippen molar-refractivity contribution in [3.8, 4) is 0 Å². The topological polar surface area (TPSA) is 118 Å². The van der Waals surface area contributed by atoms with Crippen LogP contribution in [0.15, 0.2) is 59.5 Å². The van der Waals surface area contributed by atoms with E-state index in [1.165, 1.54) is 31.7 Å². The number of hydrogen-bond acceptors (Lipinski definition) is 9. The lowest BCUT2D eigenvalue weighted by Gasteiger charge is -2.13. The van der Waals surface area contributed by atoms with Gasteiger partial charge in [0, 0.05) is 17.9 Å². The van der Waals surface area contributed by atoms with Crippen LogP contribution in [0.4, 0.5) is 29.2 Å². The Morgan fingerprint density at radius 1 is 0.838 bits per heavy atom. The highest BCUT2D eigenvalue weighted by Crippen LogP contribution is 2.26. The standard InChI is InChI=1S/C27H36N6O3S/c1-4-6-7-8-9-13-19-28-25-31-26(29-22-15-11-10-12-16-22)33-27(32-25)30-23-18-17-21(14-5-2)24(20-23)37(34,35)36-3/h5,10-12,14-18,20H,4,6-9,13,19H2,1-3H3,(H3,28,29,30,31,32,33). The molecule has 0 aliphatic rings. The highest BCUT2D eigenvalue weighted by Gasteiger charge is 2.18. The van der Waals surface area contributed by atoms with Gasteiger partial charge in [0.15, 0.2) is 0 Å². The normalized spacial score (nSPS) is 11.5. The average Bonchev–Trinajstić information content (AvgIpc) is 2.89. The van der Waals surface area contributed by atoms with Crippen LogP contribution in [-0.2, 0) is 14.3 Å². The first-order chi connectivity index (χ1) is 17.9. The Balaban J connectivity index is 1.83. The Hall–Kier alpha value is -3.50. The fraction of sp³-hybridized carbons (Fsp3) is 0.370. The van der Waals surface area contributed by atoms with Gasteiger partial charge in [-0.3, -0.25) is 4.18 Å². The number of rotatable bonds is 15. The number of para-hydroxylation sites is 1. The summed E-state index contributed by atoms with van der Waals surface area (Å²) in [6, 6.07) is 14.6. The van der Waals surface area contributed by atoms with Gasteiger partial charge < -0.3 is 16.0 Å². The number of hydrogen-bond donors (Lipinski definition) is 3. The van der Waals surface area contributed by atoms with Gasteiger partial charge in [-0.15, -0.1) is 0 Å². The van der Waals surface area contributed by atoms with E-state index >= 15 is 0 Å². The van der Waals surface area contributed by atoms with Gasteiger partial charge in [-0.2, -0.15) is 23.4 Å².